The van der Waals surface area contributed by atoms with E-state index in [0.29, 0.717) is 5.82 Å². The van der Waals surface area contributed by atoms with Crippen molar-refractivity contribution in [3.63, 3.8) is 0 Å². The van der Waals surface area contributed by atoms with E-state index in [9.17, 15) is 0 Å². The average Bonchev–Trinajstić information content (AvgIpc) is 2.86. The van der Waals surface area contributed by atoms with Crippen molar-refractivity contribution in [2.45, 2.75) is 51.0 Å². The normalized spacial score (nSPS) is 17.9. The minimum atomic E-state index is 0.248. The Hall–Kier alpha value is -1.36. The van der Waals surface area contributed by atoms with E-state index in [1.807, 2.05) is 6.07 Å². The molecule has 5 nitrogen and oxygen atoms in total. The van der Waals surface area contributed by atoms with Gasteiger partial charge in [0, 0.05) is 24.1 Å². The summed E-state index contributed by atoms with van der Waals surface area (Å²) >= 11 is 0. The molecule has 0 aliphatic heterocycles. The molecule has 0 spiro atoms. The predicted octanol–water partition coefficient (Wildman–Crippen LogP) is 2.47. The molecule has 0 unspecified atom stereocenters. The van der Waals surface area contributed by atoms with Crippen LogP contribution >= 0.6 is 0 Å². The summed E-state index contributed by atoms with van der Waals surface area (Å²) in [4.78, 5) is 11.2. The summed E-state index contributed by atoms with van der Waals surface area (Å²) in [5.74, 6) is 2.47. The summed E-state index contributed by atoms with van der Waals surface area (Å²) in [6.45, 7) is 5.07. The van der Waals surface area contributed by atoms with Gasteiger partial charge in [-0.25, -0.2) is 9.97 Å². The second kappa shape index (κ2) is 5.95. The molecular weight excluding hydrogens is 250 g/mol. The highest BCUT2D eigenvalue weighted by Gasteiger charge is 2.35. The van der Waals surface area contributed by atoms with Gasteiger partial charge in [0.15, 0.2) is 0 Å². The van der Waals surface area contributed by atoms with Crippen molar-refractivity contribution in [1.29, 1.82) is 0 Å². The predicted molar refractivity (Wildman–Crippen MR) is 83.9 cm³/mol. The molecule has 1 aliphatic carbocycles. The molecule has 3 N–H and O–H groups in total. The van der Waals surface area contributed by atoms with Crippen LogP contribution < -0.4 is 11.1 Å². The van der Waals surface area contributed by atoms with Crippen molar-refractivity contribution in [1.82, 2.24) is 14.9 Å². The van der Waals surface area contributed by atoms with Crippen molar-refractivity contribution in [2.24, 2.45) is 0 Å². The SMILES string of the molecule is CC(C)c1nc(N)cc(NCC2(N(C)C)CCCC2)n1. The molecule has 1 aromatic rings. The molecule has 0 bridgehead atoms. The molecule has 1 aliphatic rings. The van der Waals surface area contributed by atoms with E-state index in [4.69, 9.17) is 5.73 Å². The second-order valence-electron chi connectivity index (χ2n) is 6.37. The van der Waals surface area contributed by atoms with E-state index in [-0.39, 0.29) is 11.5 Å². The fourth-order valence-electron chi connectivity index (χ4n) is 2.90. The zero-order valence-corrected chi connectivity index (χ0v) is 13.1. The topological polar surface area (TPSA) is 67.1 Å². The van der Waals surface area contributed by atoms with Gasteiger partial charge in [-0.3, -0.25) is 0 Å². The van der Waals surface area contributed by atoms with E-state index in [1.165, 1.54) is 25.7 Å². The largest absolute Gasteiger partial charge is 0.384 e. The number of rotatable bonds is 5. The first-order valence-electron chi connectivity index (χ1n) is 7.49. The zero-order chi connectivity index (χ0) is 14.8. The van der Waals surface area contributed by atoms with Crippen molar-refractivity contribution in [3.8, 4) is 0 Å². The molecule has 1 heterocycles. The van der Waals surface area contributed by atoms with Crippen LogP contribution in [0.25, 0.3) is 0 Å². The number of nitrogens with two attached hydrogens (primary N) is 1. The maximum Gasteiger partial charge on any atom is 0.135 e. The molecule has 1 aromatic heterocycles. The number of nitrogen functional groups attached to an aromatic ring is 1. The Balaban J connectivity index is 2.10. The van der Waals surface area contributed by atoms with Crippen LogP contribution in [0, 0.1) is 0 Å². The lowest BCUT2D eigenvalue weighted by Crippen LogP contribution is -2.47. The van der Waals surface area contributed by atoms with Crippen LogP contribution in [0.2, 0.25) is 0 Å². The fraction of sp³-hybridized carbons (Fsp3) is 0.733. The maximum absolute atomic E-state index is 5.87. The molecule has 20 heavy (non-hydrogen) atoms. The molecule has 1 fully saturated rings. The molecule has 1 saturated carbocycles. The Labute approximate surface area is 122 Å². The van der Waals surface area contributed by atoms with Crippen LogP contribution in [0.15, 0.2) is 6.07 Å². The van der Waals surface area contributed by atoms with Crippen LogP contribution in [0.1, 0.15) is 51.3 Å². The van der Waals surface area contributed by atoms with E-state index in [0.717, 1.165) is 18.2 Å². The van der Waals surface area contributed by atoms with E-state index < -0.39 is 0 Å². The van der Waals surface area contributed by atoms with Gasteiger partial charge in [-0.05, 0) is 26.9 Å². The molecule has 2 rings (SSSR count). The molecule has 112 valence electrons. The Kier molecular flexibility index (Phi) is 4.48. The number of aromatic nitrogens is 2. The summed E-state index contributed by atoms with van der Waals surface area (Å²) < 4.78 is 0. The Morgan fingerprint density at radius 3 is 2.50 bits per heavy atom. The minimum absolute atomic E-state index is 0.248. The van der Waals surface area contributed by atoms with Crippen molar-refractivity contribution in [3.05, 3.63) is 11.9 Å². The van der Waals surface area contributed by atoms with Crippen molar-refractivity contribution < 1.29 is 0 Å². The van der Waals surface area contributed by atoms with Gasteiger partial charge in [0.2, 0.25) is 0 Å². The van der Waals surface area contributed by atoms with Gasteiger partial charge in [0.05, 0.1) is 0 Å². The second-order valence-corrected chi connectivity index (χ2v) is 6.37. The summed E-state index contributed by atoms with van der Waals surface area (Å²) in [6, 6.07) is 1.82. The molecule has 5 heteroatoms. The summed E-state index contributed by atoms with van der Waals surface area (Å²) in [5, 5.41) is 3.47. The number of hydrogen-bond donors (Lipinski definition) is 2. The highest BCUT2D eigenvalue weighted by molar-refractivity contribution is 5.45. The first-order valence-corrected chi connectivity index (χ1v) is 7.49. The maximum atomic E-state index is 5.87. The molecule has 0 aromatic carbocycles. The van der Waals surface area contributed by atoms with E-state index >= 15 is 0 Å². The number of likely N-dealkylation sites (N-methyl/N-ethyl adjacent to an activating group) is 1. The highest BCUT2D eigenvalue weighted by atomic mass is 15.2. The summed E-state index contributed by atoms with van der Waals surface area (Å²) in [6.07, 6.45) is 5.10. The third kappa shape index (κ3) is 3.20. The third-order valence-corrected chi connectivity index (χ3v) is 4.36. The summed E-state index contributed by atoms with van der Waals surface area (Å²) in [5.41, 5.74) is 6.12. The van der Waals surface area contributed by atoms with Crippen LogP contribution in [0.5, 0.6) is 0 Å². The van der Waals surface area contributed by atoms with Gasteiger partial charge in [-0.2, -0.15) is 0 Å². The molecule has 0 saturated heterocycles. The smallest absolute Gasteiger partial charge is 0.135 e. The Morgan fingerprint density at radius 2 is 1.95 bits per heavy atom. The molecule has 0 atom stereocenters. The van der Waals surface area contributed by atoms with Gasteiger partial charge < -0.3 is 16.0 Å². The lowest BCUT2D eigenvalue weighted by molar-refractivity contribution is 0.172. The average molecular weight is 277 g/mol. The standard InChI is InChI=1S/C15H27N5/c1-11(2)14-18-12(16)9-13(19-14)17-10-15(20(3)4)7-5-6-8-15/h9,11H,5-8,10H2,1-4H3,(H3,16,17,18,19). The number of nitrogens with one attached hydrogen (secondary N) is 1. The third-order valence-electron chi connectivity index (χ3n) is 4.36. The van der Waals surface area contributed by atoms with Crippen molar-refractivity contribution in [2.75, 3.05) is 31.7 Å². The fourth-order valence-corrected chi connectivity index (χ4v) is 2.90. The van der Waals surface area contributed by atoms with Gasteiger partial charge >= 0.3 is 0 Å². The zero-order valence-electron chi connectivity index (χ0n) is 13.1. The number of anilines is 2. The summed E-state index contributed by atoms with van der Waals surface area (Å²) in [7, 11) is 4.34. The number of hydrogen-bond acceptors (Lipinski definition) is 5. The van der Waals surface area contributed by atoms with Gasteiger partial charge in [0.25, 0.3) is 0 Å². The first-order chi connectivity index (χ1) is 9.43. The Bertz CT molecular complexity index is 450. The van der Waals surface area contributed by atoms with Crippen LogP contribution in [0.4, 0.5) is 11.6 Å². The molecular formula is C15H27N5. The Morgan fingerprint density at radius 1 is 1.30 bits per heavy atom. The minimum Gasteiger partial charge on any atom is -0.384 e. The first kappa shape index (κ1) is 15.0. The van der Waals surface area contributed by atoms with Crippen LogP contribution in [-0.4, -0.2) is 41.0 Å². The van der Waals surface area contributed by atoms with Crippen LogP contribution in [-0.2, 0) is 0 Å². The van der Waals surface area contributed by atoms with Gasteiger partial charge in [-0.15, -0.1) is 0 Å². The van der Waals surface area contributed by atoms with Crippen molar-refractivity contribution >= 4 is 11.6 Å². The molecule has 0 radical (unpaired) electrons. The van der Waals surface area contributed by atoms with E-state index in [1.54, 1.807) is 0 Å². The lowest BCUT2D eigenvalue weighted by Gasteiger charge is -2.36. The van der Waals surface area contributed by atoms with E-state index in [2.05, 4.69) is 48.1 Å². The molecule has 0 amide bonds. The highest BCUT2D eigenvalue weighted by Crippen LogP contribution is 2.33. The quantitative estimate of drug-likeness (QED) is 0.865. The number of nitrogens with zero attached hydrogens (tertiary/aromatic N) is 3. The van der Waals surface area contributed by atoms with Crippen LogP contribution in [0.3, 0.4) is 0 Å². The monoisotopic (exact) mass is 277 g/mol. The lowest BCUT2D eigenvalue weighted by atomic mass is 9.96. The van der Waals surface area contributed by atoms with Gasteiger partial charge in [-0.1, -0.05) is 26.7 Å². The van der Waals surface area contributed by atoms with Gasteiger partial charge in [0.1, 0.15) is 17.5 Å².